The van der Waals surface area contributed by atoms with E-state index < -0.39 is 4.92 Å². The van der Waals surface area contributed by atoms with E-state index in [1.54, 1.807) is 19.2 Å². The number of benzene rings is 2. The molecule has 25 heavy (non-hydrogen) atoms. The first kappa shape index (κ1) is 16.6. The molecule has 128 valence electrons. The van der Waals surface area contributed by atoms with Gasteiger partial charge in [-0.15, -0.1) is 0 Å². The molecule has 0 saturated carbocycles. The van der Waals surface area contributed by atoms with Crippen LogP contribution in [0.1, 0.15) is 5.56 Å². The van der Waals surface area contributed by atoms with Crippen LogP contribution in [-0.2, 0) is 6.54 Å². The molecule has 0 spiro atoms. The maximum absolute atomic E-state index is 11.0. The molecule has 0 aromatic heterocycles. The van der Waals surface area contributed by atoms with Gasteiger partial charge in [0.1, 0.15) is 5.75 Å². The Labute approximate surface area is 146 Å². The van der Waals surface area contributed by atoms with Gasteiger partial charge in [0.05, 0.1) is 12.0 Å². The predicted octanol–water partition coefficient (Wildman–Crippen LogP) is 3.44. The lowest BCUT2D eigenvalue weighted by molar-refractivity contribution is -0.384. The molecule has 0 unspecified atom stereocenters. The van der Waals surface area contributed by atoms with Crippen molar-refractivity contribution in [3.63, 3.8) is 0 Å². The molecule has 0 saturated heterocycles. The van der Waals surface area contributed by atoms with Gasteiger partial charge in [0.25, 0.3) is 5.69 Å². The predicted molar refractivity (Wildman–Crippen MR) is 96.9 cm³/mol. The van der Waals surface area contributed by atoms with Crippen LogP contribution in [-0.4, -0.2) is 23.5 Å². The van der Waals surface area contributed by atoms with Crippen molar-refractivity contribution in [2.24, 2.45) is 5.73 Å². The average Bonchev–Trinajstić information content (AvgIpc) is 2.63. The molecule has 2 aromatic carbocycles. The number of methoxy groups -OCH3 is 1. The Bertz CT molecular complexity index is 859. The Morgan fingerprint density at radius 3 is 2.80 bits per heavy atom. The Kier molecular flexibility index (Phi) is 4.70. The van der Waals surface area contributed by atoms with Crippen molar-refractivity contribution in [3.8, 4) is 16.9 Å². The van der Waals surface area contributed by atoms with Crippen LogP contribution in [0.25, 0.3) is 11.1 Å². The minimum absolute atomic E-state index is 0.0598. The van der Waals surface area contributed by atoms with E-state index in [2.05, 4.69) is 4.90 Å². The van der Waals surface area contributed by atoms with Crippen molar-refractivity contribution in [1.29, 1.82) is 0 Å². The number of hydrogen-bond donors (Lipinski definition) is 1. The largest absolute Gasteiger partial charge is 0.496 e. The first-order valence-electron chi connectivity index (χ1n) is 7.86. The number of rotatable bonds is 5. The lowest BCUT2D eigenvalue weighted by Crippen LogP contribution is -2.20. The molecule has 0 fully saturated rings. The highest BCUT2D eigenvalue weighted by molar-refractivity contribution is 5.73. The highest BCUT2D eigenvalue weighted by atomic mass is 16.6. The minimum Gasteiger partial charge on any atom is -0.496 e. The second-order valence-electron chi connectivity index (χ2n) is 5.79. The minimum atomic E-state index is -0.394. The molecule has 1 aliphatic heterocycles. The zero-order valence-corrected chi connectivity index (χ0v) is 13.9. The van der Waals surface area contributed by atoms with Crippen LogP contribution in [0.5, 0.6) is 5.75 Å². The first-order chi connectivity index (χ1) is 12.1. The van der Waals surface area contributed by atoms with Crippen molar-refractivity contribution < 1.29 is 9.66 Å². The van der Waals surface area contributed by atoms with E-state index in [0.717, 1.165) is 28.9 Å². The number of allylic oxidation sites excluding steroid dienone is 1. The second kappa shape index (κ2) is 7.09. The average molecular weight is 337 g/mol. The van der Waals surface area contributed by atoms with E-state index in [-0.39, 0.29) is 5.69 Å². The summed E-state index contributed by atoms with van der Waals surface area (Å²) >= 11 is 0. The lowest BCUT2D eigenvalue weighted by Gasteiger charge is -2.22. The van der Waals surface area contributed by atoms with E-state index in [4.69, 9.17) is 10.5 Å². The summed E-state index contributed by atoms with van der Waals surface area (Å²) in [7, 11) is 1.59. The lowest BCUT2D eigenvalue weighted by atomic mass is 10.0. The van der Waals surface area contributed by atoms with E-state index >= 15 is 0 Å². The summed E-state index contributed by atoms with van der Waals surface area (Å²) in [5.41, 5.74) is 9.24. The van der Waals surface area contributed by atoms with E-state index in [1.807, 2.05) is 42.6 Å². The van der Waals surface area contributed by atoms with Crippen LogP contribution < -0.4 is 10.5 Å². The molecule has 2 N–H and O–H groups in total. The Morgan fingerprint density at radius 2 is 2.12 bits per heavy atom. The van der Waals surface area contributed by atoms with Crippen LogP contribution in [0.3, 0.4) is 0 Å². The highest BCUT2D eigenvalue weighted by Gasteiger charge is 2.13. The standard InChI is InChI=1S/C19H19N3O3/c1-25-19-6-5-14(13-21-9-7-16(20)8-10-21)11-18(19)15-3-2-4-17(12-15)22(23)24/h2-9,11-12H,10,13,20H2,1H3. The highest BCUT2D eigenvalue weighted by Crippen LogP contribution is 2.33. The molecule has 0 bridgehead atoms. The third kappa shape index (κ3) is 3.80. The van der Waals surface area contributed by atoms with Crippen LogP contribution in [0.4, 0.5) is 5.69 Å². The van der Waals surface area contributed by atoms with Crippen LogP contribution >= 0.6 is 0 Å². The molecule has 6 nitrogen and oxygen atoms in total. The van der Waals surface area contributed by atoms with Gasteiger partial charge in [0, 0.05) is 42.7 Å². The summed E-state index contributed by atoms with van der Waals surface area (Å²) in [5.74, 6) is 0.683. The molecular weight excluding hydrogens is 318 g/mol. The number of nitro benzene ring substituents is 1. The smallest absolute Gasteiger partial charge is 0.270 e. The summed E-state index contributed by atoms with van der Waals surface area (Å²) in [5, 5.41) is 11.0. The zero-order chi connectivity index (χ0) is 17.8. The molecule has 0 amide bonds. The molecular formula is C19H19N3O3. The molecule has 0 radical (unpaired) electrons. The first-order valence-corrected chi connectivity index (χ1v) is 7.86. The Morgan fingerprint density at radius 1 is 1.28 bits per heavy atom. The Hall–Kier alpha value is -3.28. The van der Waals surface area contributed by atoms with Gasteiger partial charge < -0.3 is 15.4 Å². The van der Waals surface area contributed by atoms with E-state index in [9.17, 15) is 10.1 Å². The van der Waals surface area contributed by atoms with Gasteiger partial charge in [-0.05, 0) is 35.4 Å². The van der Waals surface area contributed by atoms with Gasteiger partial charge >= 0.3 is 0 Å². The maximum Gasteiger partial charge on any atom is 0.270 e. The third-order valence-corrected chi connectivity index (χ3v) is 4.06. The fourth-order valence-corrected chi connectivity index (χ4v) is 2.76. The summed E-state index contributed by atoms with van der Waals surface area (Å²) in [4.78, 5) is 12.8. The fraction of sp³-hybridized carbons (Fsp3) is 0.158. The van der Waals surface area contributed by atoms with Crippen LogP contribution in [0.15, 0.2) is 66.5 Å². The van der Waals surface area contributed by atoms with Gasteiger partial charge in [-0.1, -0.05) is 18.2 Å². The van der Waals surface area contributed by atoms with Crippen molar-refractivity contribution in [3.05, 3.63) is 82.2 Å². The van der Waals surface area contributed by atoms with E-state index in [1.165, 1.54) is 6.07 Å². The van der Waals surface area contributed by atoms with Crippen LogP contribution in [0.2, 0.25) is 0 Å². The van der Waals surface area contributed by atoms with E-state index in [0.29, 0.717) is 12.3 Å². The summed E-state index contributed by atoms with van der Waals surface area (Å²) < 4.78 is 5.44. The van der Waals surface area contributed by atoms with Crippen molar-refractivity contribution in [2.75, 3.05) is 13.7 Å². The molecule has 0 aliphatic carbocycles. The maximum atomic E-state index is 11.0. The fourth-order valence-electron chi connectivity index (χ4n) is 2.76. The molecule has 3 rings (SSSR count). The molecule has 6 heteroatoms. The molecule has 1 heterocycles. The summed E-state index contributed by atoms with van der Waals surface area (Å²) in [6.07, 6.45) is 5.80. The third-order valence-electron chi connectivity index (χ3n) is 4.06. The number of hydrogen-bond acceptors (Lipinski definition) is 5. The van der Waals surface area contributed by atoms with Crippen molar-refractivity contribution in [1.82, 2.24) is 4.90 Å². The molecule has 2 aromatic rings. The number of non-ortho nitro benzene ring substituents is 1. The number of nitrogens with zero attached hydrogens (tertiary/aromatic N) is 2. The monoisotopic (exact) mass is 337 g/mol. The second-order valence-corrected chi connectivity index (χ2v) is 5.79. The number of nitrogens with two attached hydrogens (primary N) is 1. The SMILES string of the molecule is COc1ccc(CN2C=CC(N)=CC2)cc1-c1cccc([N+](=O)[O-])c1. The van der Waals surface area contributed by atoms with Crippen molar-refractivity contribution in [2.45, 2.75) is 6.54 Å². The number of ether oxygens (including phenoxy) is 1. The van der Waals surface area contributed by atoms with Gasteiger partial charge in [-0.2, -0.15) is 0 Å². The van der Waals surface area contributed by atoms with Gasteiger partial charge in [0.15, 0.2) is 0 Å². The quantitative estimate of drug-likeness (QED) is 0.667. The molecule has 0 atom stereocenters. The van der Waals surface area contributed by atoms with Crippen LogP contribution in [0, 0.1) is 10.1 Å². The normalized spacial score (nSPS) is 13.5. The summed E-state index contributed by atoms with van der Waals surface area (Å²) in [6, 6.07) is 12.5. The molecule has 1 aliphatic rings. The van der Waals surface area contributed by atoms with Gasteiger partial charge in [-0.25, -0.2) is 0 Å². The van der Waals surface area contributed by atoms with Gasteiger partial charge in [0.2, 0.25) is 0 Å². The van der Waals surface area contributed by atoms with Crippen molar-refractivity contribution >= 4 is 5.69 Å². The Balaban J connectivity index is 1.92. The van der Waals surface area contributed by atoms with Gasteiger partial charge in [-0.3, -0.25) is 10.1 Å². The zero-order valence-electron chi connectivity index (χ0n) is 13.9. The topological polar surface area (TPSA) is 81.6 Å². The summed E-state index contributed by atoms with van der Waals surface area (Å²) in [6.45, 7) is 1.46. The number of nitro groups is 1.